The van der Waals surface area contributed by atoms with Gasteiger partial charge in [0.25, 0.3) is 0 Å². The van der Waals surface area contributed by atoms with Gasteiger partial charge in [0.1, 0.15) is 11.3 Å². The molecular formula is C6H9BrN2S. The van der Waals surface area contributed by atoms with Crippen LogP contribution in [0.15, 0.2) is 6.33 Å². The summed E-state index contributed by atoms with van der Waals surface area (Å²) in [6.45, 7) is 2.15. The van der Waals surface area contributed by atoms with Crippen LogP contribution in [-0.4, -0.2) is 14.2 Å². The van der Waals surface area contributed by atoms with Crippen LogP contribution in [0.1, 0.15) is 18.4 Å². The van der Waals surface area contributed by atoms with Crippen LogP contribution in [0.5, 0.6) is 0 Å². The summed E-state index contributed by atoms with van der Waals surface area (Å²) in [6, 6.07) is 0. The SMILES string of the molecule is CCC(Br)Cc1ncns1. The first-order chi connectivity index (χ1) is 4.83. The lowest BCUT2D eigenvalue weighted by atomic mass is 10.3. The summed E-state index contributed by atoms with van der Waals surface area (Å²) in [5.74, 6) is 0. The molecule has 0 radical (unpaired) electrons. The summed E-state index contributed by atoms with van der Waals surface area (Å²) in [6.07, 6.45) is 3.75. The smallest absolute Gasteiger partial charge is 0.129 e. The van der Waals surface area contributed by atoms with Gasteiger partial charge in [-0.15, -0.1) is 0 Å². The molecular weight excluding hydrogens is 212 g/mol. The third kappa shape index (κ3) is 2.34. The van der Waals surface area contributed by atoms with Gasteiger partial charge in [0.2, 0.25) is 0 Å². The van der Waals surface area contributed by atoms with E-state index in [2.05, 4.69) is 32.2 Å². The Balaban J connectivity index is 2.40. The van der Waals surface area contributed by atoms with E-state index in [0.29, 0.717) is 4.83 Å². The first-order valence-corrected chi connectivity index (χ1v) is 4.91. The Bertz CT molecular complexity index is 176. The Hall–Kier alpha value is 0.0400. The standard InChI is InChI=1S/C6H9BrN2S/c1-2-5(7)3-6-8-4-9-10-6/h4-5H,2-3H2,1H3. The topological polar surface area (TPSA) is 25.8 Å². The second kappa shape index (κ2) is 4.03. The van der Waals surface area contributed by atoms with Crippen molar-refractivity contribution in [2.24, 2.45) is 0 Å². The number of rotatable bonds is 3. The molecule has 1 aromatic rings. The maximum Gasteiger partial charge on any atom is 0.129 e. The minimum Gasteiger partial charge on any atom is -0.228 e. The van der Waals surface area contributed by atoms with E-state index in [-0.39, 0.29) is 0 Å². The Morgan fingerprint density at radius 2 is 2.60 bits per heavy atom. The molecule has 4 heteroatoms. The van der Waals surface area contributed by atoms with E-state index in [1.807, 2.05) is 0 Å². The van der Waals surface area contributed by atoms with Gasteiger partial charge in [0.15, 0.2) is 0 Å². The van der Waals surface area contributed by atoms with Crippen molar-refractivity contribution in [3.63, 3.8) is 0 Å². The first kappa shape index (κ1) is 8.14. The molecule has 56 valence electrons. The quantitative estimate of drug-likeness (QED) is 0.731. The molecule has 1 atom stereocenters. The molecule has 1 unspecified atom stereocenters. The van der Waals surface area contributed by atoms with Crippen LogP contribution in [0.4, 0.5) is 0 Å². The van der Waals surface area contributed by atoms with E-state index in [0.717, 1.165) is 17.8 Å². The summed E-state index contributed by atoms with van der Waals surface area (Å²) in [7, 11) is 0. The van der Waals surface area contributed by atoms with Crippen molar-refractivity contribution in [2.75, 3.05) is 0 Å². The summed E-state index contributed by atoms with van der Waals surface area (Å²) >= 11 is 5.01. The molecule has 0 aliphatic rings. The third-order valence-corrected chi connectivity index (χ3v) is 2.90. The van der Waals surface area contributed by atoms with E-state index >= 15 is 0 Å². The Kier molecular flexibility index (Phi) is 3.28. The molecule has 0 amide bonds. The average molecular weight is 221 g/mol. The first-order valence-electron chi connectivity index (χ1n) is 3.22. The number of alkyl halides is 1. The van der Waals surface area contributed by atoms with Crippen LogP contribution < -0.4 is 0 Å². The molecule has 0 bridgehead atoms. The summed E-state index contributed by atoms with van der Waals surface area (Å²) in [5.41, 5.74) is 0. The molecule has 0 spiro atoms. The molecule has 0 aliphatic heterocycles. The number of halogens is 1. The van der Waals surface area contributed by atoms with Gasteiger partial charge in [-0.1, -0.05) is 22.9 Å². The zero-order chi connectivity index (χ0) is 7.40. The highest BCUT2D eigenvalue weighted by molar-refractivity contribution is 9.09. The minimum absolute atomic E-state index is 0.556. The number of hydrogen-bond acceptors (Lipinski definition) is 3. The zero-order valence-corrected chi connectivity index (χ0v) is 8.15. The highest BCUT2D eigenvalue weighted by atomic mass is 79.9. The minimum atomic E-state index is 0.556. The Morgan fingerprint density at radius 1 is 1.80 bits per heavy atom. The third-order valence-electron chi connectivity index (χ3n) is 1.25. The predicted octanol–water partition coefficient (Wildman–Crippen LogP) is 2.25. The molecule has 2 nitrogen and oxygen atoms in total. The molecule has 10 heavy (non-hydrogen) atoms. The van der Waals surface area contributed by atoms with Gasteiger partial charge in [0, 0.05) is 11.2 Å². The van der Waals surface area contributed by atoms with Crippen molar-refractivity contribution in [1.82, 2.24) is 9.36 Å². The van der Waals surface area contributed by atoms with E-state index in [1.165, 1.54) is 11.5 Å². The monoisotopic (exact) mass is 220 g/mol. The van der Waals surface area contributed by atoms with E-state index in [9.17, 15) is 0 Å². The molecule has 1 aromatic heterocycles. The van der Waals surface area contributed by atoms with Crippen LogP contribution in [-0.2, 0) is 6.42 Å². The average Bonchev–Trinajstić information content (AvgIpc) is 2.40. The fourth-order valence-electron chi connectivity index (χ4n) is 0.620. The molecule has 0 fully saturated rings. The van der Waals surface area contributed by atoms with Gasteiger partial charge in [-0.3, -0.25) is 0 Å². The van der Waals surface area contributed by atoms with Gasteiger partial charge in [-0.2, -0.15) is 4.37 Å². The van der Waals surface area contributed by atoms with Gasteiger partial charge >= 0.3 is 0 Å². The van der Waals surface area contributed by atoms with E-state index in [1.54, 1.807) is 6.33 Å². The molecule has 0 saturated heterocycles. The molecule has 0 aromatic carbocycles. The summed E-state index contributed by atoms with van der Waals surface area (Å²) < 4.78 is 3.92. The number of aromatic nitrogens is 2. The molecule has 0 N–H and O–H groups in total. The van der Waals surface area contributed by atoms with E-state index in [4.69, 9.17) is 0 Å². The molecule has 1 heterocycles. The van der Waals surface area contributed by atoms with Gasteiger partial charge in [0.05, 0.1) is 0 Å². The maximum atomic E-state index is 4.08. The van der Waals surface area contributed by atoms with Crippen molar-refractivity contribution >= 4 is 27.5 Å². The molecule has 0 aliphatic carbocycles. The largest absolute Gasteiger partial charge is 0.228 e. The van der Waals surface area contributed by atoms with Crippen molar-refractivity contribution < 1.29 is 0 Å². The highest BCUT2D eigenvalue weighted by Crippen LogP contribution is 2.12. The van der Waals surface area contributed by atoms with Crippen molar-refractivity contribution in [2.45, 2.75) is 24.6 Å². The Morgan fingerprint density at radius 3 is 3.10 bits per heavy atom. The van der Waals surface area contributed by atoms with Crippen molar-refractivity contribution in [3.8, 4) is 0 Å². The predicted molar refractivity (Wildman–Crippen MR) is 46.6 cm³/mol. The van der Waals surface area contributed by atoms with Crippen LogP contribution in [0.2, 0.25) is 0 Å². The second-order valence-electron chi connectivity index (χ2n) is 2.04. The molecule has 0 saturated carbocycles. The summed E-state index contributed by atoms with van der Waals surface area (Å²) in [4.78, 5) is 4.64. The molecule has 1 rings (SSSR count). The van der Waals surface area contributed by atoms with E-state index < -0.39 is 0 Å². The number of nitrogens with zero attached hydrogens (tertiary/aromatic N) is 2. The zero-order valence-electron chi connectivity index (χ0n) is 5.75. The lowest BCUT2D eigenvalue weighted by Crippen LogP contribution is -1.99. The maximum absolute atomic E-state index is 4.08. The van der Waals surface area contributed by atoms with Crippen LogP contribution >= 0.6 is 27.5 Å². The number of hydrogen-bond donors (Lipinski definition) is 0. The Labute approximate surface area is 73.0 Å². The van der Waals surface area contributed by atoms with Crippen LogP contribution in [0, 0.1) is 0 Å². The normalized spacial score (nSPS) is 13.4. The summed E-state index contributed by atoms with van der Waals surface area (Å²) in [5, 5.41) is 1.11. The highest BCUT2D eigenvalue weighted by Gasteiger charge is 2.04. The fraction of sp³-hybridized carbons (Fsp3) is 0.667. The van der Waals surface area contributed by atoms with Gasteiger partial charge < -0.3 is 0 Å². The van der Waals surface area contributed by atoms with Crippen molar-refractivity contribution in [3.05, 3.63) is 11.3 Å². The fourth-order valence-corrected chi connectivity index (χ4v) is 1.73. The van der Waals surface area contributed by atoms with Gasteiger partial charge in [-0.25, -0.2) is 4.98 Å². The second-order valence-corrected chi connectivity index (χ2v) is 4.20. The lowest BCUT2D eigenvalue weighted by Gasteiger charge is -2.00. The van der Waals surface area contributed by atoms with Gasteiger partial charge in [-0.05, 0) is 18.0 Å². The van der Waals surface area contributed by atoms with Crippen molar-refractivity contribution in [1.29, 1.82) is 0 Å². The van der Waals surface area contributed by atoms with Crippen LogP contribution in [0.3, 0.4) is 0 Å². The lowest BCUT2D eigenvalue weighted by molar-refractivity contribution is 0.823. The van der Waals surface area contributed by atoms with Crippen LogP contribution in [0.25, 0.3) is 0 Å².